The largest absolute Gasteiger partial charge is 0.456 e. The van der Waals surface area contributed by atoms with Gasteiger partial charge >= 0.3 is 0 Å². The average molecular weight is 434 g/mol. The zero-order chi connectivity index (χ0) is 22.8. The van der Waals surface area contributed by atoms with E-state index < -0.39 is 0 Å². The van der Waals surface area contributed by atoms with Gasteiger partial charge in [0.25, 0.3) is 5.91 Å². The molecule has 1 aliphatic heterocycles. The van der Waals surface area contributed by atoms with Crippen molar-refractivity contribution in [2.24, 2.45) is 0 Å². The van der Waals surface area contributed by atoms with Crippen molar-refractivity contribution in [3.8, 4) is 28.7 Å². The second kappa shape index (κ2) is 8.64. The minimum Gasteiger partial charge on any atom is -0.456 e. The fourth-order valence-corrected chi connectivity index (χ4v) is 4.13. The molecule has 1 N–H and O–H groups in total. The fraction of sp³-hybridized carbons (Fsp3) is 0.148. The van der Waals surface area contributed by atoms with Crippen LogP contribution >= 0.6 is 0 Å². The first-order chi connectivity index (χ1) is 16.1. The van der Waals surface area contributed by atoms with Crippen molar-refractivity contribution in [1.29, 1.82) is 5.26 Å². The highest BCUT2D eigenvalue weighted by Crippen LogP contribution is 2.32. The number of nitrogens with zero attached hydrogens (tertiary/aromatic N) is 3. The van der Waals surface area contributed by atoms with Crippen molar-refractivity contribution < 1.29 is 9.53 Å². The molecule has 6 heteroatoms. The summed E-state index contributed by atoms with van der Waals surface area (Å²) in [6.07, 6.45) is 2.51. The number of benzene rings is 3. The summed E-state index contributed by atoms with van der Waals surface area (Å²) in [6, 6.07) is 23.0. The van der Waals surface area contributed by atoms with E-state index in [9.17, 15) is 10.1 Å². The molecule has 1 amide bonds. The molecule has 0 saturated carbocycles. The Bertz CT molecular complexity index is 1380. The summed E-state index contributed by atoms with van der Waals surface area (Å²) in [6.45, 7) is 3.06. The number of carbonyl (C=O) groups excluding carboxylic acids is 1. The Morgan fingerprint density at radius 2 is 1.91 bits per heavy atom. The highest BCUT2D eigenvalue weighted by Gasteiger charge is 2.17. The van der Waals surface area contributed by atoms with E-state index in [1.165, 1.54) is 0 Å². The fourth-order valence-electron chi connectivity index (χ4n) is 4.13. The molecule has 0 unspecified atom stereocenters. The molecule has 0 atom stereocenters. The molecular weight excluding hydrogens is 412 g/mol. The molecule has 0 spiro atoms. The Hall–Kier alpha value is -4.37. The second-order valence-electron chi connectivity index (χ2n) is 8.01. The van der Waals surface area contributed by atoms with E-state index in [-0.39, 0.29) is 5.91 Å². The number of rotatable bonds is 1. The van der Waals surface area contributed by atoms with Crippen LogP contribution in [-0.2, 0) is 13.0 Å². The lowest BCUT2D eigenvalue weighted by molar-refractivity contribution is 0.0954. The molecule has 3 aromatic carbocycles. The number of amides is 1. The van der Waals surface area contributed by atoms with Crippen LogP contribution in [0.2, 0.25) is 0 Å². The number of aryl methyl sites for hydroxylation is 1. The minimum atomic E-state index is -0.173. The smallest absolute Gasteiger partial charge is 0.252 e. The van der Waals surface area contributed by atoms with E-state index in [2.05, 4.69) is 20.9 Å². The quantitative estimate of drug-likeness (QED) is 0.464. The van der Waals surface area contributed by atoms with Crippen LogP contribution in [-0.4, -0.2) is 22.0 Å². The topological polar surface area (TPSA) is 79.9 Å². The molecule has 0 saturated heterocycles. The van der Waals surface area contributed by atoms with E-state index in [1.807, 2.05) is 67.7 Å². The third-order valence-corrected chi connectivity index (χ3v) is 5.86. The van der Waals surface area contributed by atoms with Gasteiger partial charge in [-0.2, -0.15) is 5.26 Å². The van der Waals surface area contributed by atoms with Crippen LogP contribution in [0.5, 0.6) is 11.5 Å². The zero-order valence-electron chi connectivity index (χ0n) is 18.2. The lowest BCUT2D eigenvalue weighted by atomic mass is 9.98. The van der Waals surface area contributed by atoms with Gasteiger partial charge < -0.3 is 14.6 Å². The summed E-state index contributed by atoms with van der Waals surface area (Å²) < 4.78 is 8.26. The van der Waals surface area contributed by atoms with Crippen LogP contribution in [0.25, 0.3) is 11.1 Å². The van der Waals surface area contributed by atoms with Crippen LogP contribution in [0.15, 0.2) is 72.9 Å². The number of ether oxygens (including phenoxy) is 1. The number of aromatic nitrogens is 2. The summed E-state index contributed by atoms with van der Waals surface area (Å²) in [5.74, 6) is 1.69. The summed E-state index contributed by atoms with van der Waals surface area (Å²) in [5, 5.41) is 12.7. The number of hydrogen-bond acceptors (Lipinski definition) is 4. The van der Waals surface area contributed by atoms with Gasteiger partial charge in [-0.25, -0.2) is 4.98 Å². The third kappa shape index (κ3) is 4.09. The number of imidazole rings is 1. The van der Waals surface area contributed by atoms with Crippen LogP contribution in [0.1, 0.15) is 33.0 Å². The zero-order valence-corrected chi connectivity index (χ0v) is 18.2. The molecule has 0 aliphatic carbocycles. The summed E-state index contributed by atoms with van der Waals surface area (Å²) in [4.78, 5) is 17.7. The van der Waals surface area contributed by atoms with E-state index in [0.717, 1.165) is 28.2 Å². The highest BCUT2D eigenvalue weighted by atomic mass is 16.5. The number of nitriles is 1. The van der Waals surface area contributed by atoms with Gasteiger partial charge in [0.05, 0.1) is 11.1 Å². The predicted molar refractivity (Wildman–Crippen MR) is 125 cm³/mol. The van der Waals surface area contributed by atoms with Crippen LogP contribution in [0, 0.1) is 18.3 Å². The monoisotopic (exact) mass is 434 g/mol. The van der Waals surface area contributed by atoms with Crippen molar-refractivity contribution in [3.63, 3.8) is 0 Å². The van der Waals surface area contributed by atoms with Gasteiger partial charge in [-0.05, 0) is 53.9 Å². The Kier molecular flexibility index (Phi) is 5.37. The molecule has 162 valence electrons. The van der Waals surface area contributed by atoms with E-state index in [0.29, 0.717) is 42.1 Å². The highest BCUT2D eigenvalue weighted by molar-refractivity contribution is 6.01. The maximum Gasteiger partial charge on any atom is 0.252 e. The molecule has 1 aliphatic rings. The normalized spacial score (nSPS) is 13.2. The van der Waals surface area contributed by atoms with E-state index in [4.69, 9.17) is 4.74 Å². The molecule has 2 heterocycles. The molecule has 4 aromatic rings. The number of nitrogens with one attached hydrogen (secondary N) is 1. The van der Waals surface area contributed by atoms with E-state index >= 15 is 0 Å². The van der Waals surface area contributed by atoms with Gasteiger partial charge in [0.2, 0.25) is 0 Å². The second-order valence-corrected chi connectivity index (χ2v) is 8.01. The summed E-state index contributed by atoms with van der Waals surface area (Å²) >= 11 is 0. The Labute approximate surface area is 192 Å². The van der Waals surface area contributed by atoms with Gasteiger partial charge in [0, 0.05) is 31.4 Å². The maximum absolute atomic E-state index is 13.2. The lowest BCUT2D eigenvalue weighted by Crippen LogP contribution is -2.27. The van der Waals surface area contributed by atoms with Crippen molar-refractivity contribution in [2.45, 2.75) is 19.9 Å². The molecule has 33 heavy (non-hydrogen) atoms. The standard InChI is InChI=1S/C27H22N4O2/c1-18-30-16-22-11-12-29-27(32)25-14-23(9-10-24(25)20-5-3-2-4-6-20)33-26-13-19(17-31(18)22)7-8-21(26)15-28/h2-10,13-14,16H,11-12,17H2,1H3,(H,29,32). The van der Waals surface area contributed by atoms with Crippen molar-refractivity contribution in [2.75, 3.05) is 6.54 Å². The molecule has 0 radical (unpaired) electrons. The van der Waals surface area contributed by atoms with Gasteiger partial charge in [-0.15, -0.1) is 0 Å². The molecule has 4 bridgehead atoms. The number of fused-ring (bicyclic) bond motifs is 5. The molecular formula is C27H22N4O2. The molecule has 5 rings (SSSR count). The molecule has 6 nitrogen and oxygen atoms in total. The first-order valence-electron chi connectivity index (χ1n) is 10.8. The van der Waals surface area contributed by atoms with Crippen molar-refractivity contribution >= 4 is 5.91 Å². The van der Waals surface area contributed by atoms with Gasteiger partial charge in [-0.1, -0.05) is 36.4 Å². The van der Waals surface area contributed by atoms with Crippen LogP contribution < -0.4 is 10.1 Å². The van der Waals surface area contributed by atoms with E-state index in [1.54, 1.807) is 12.1 Å². The van der Waals surface area contributed by atoms with Crippen molar-refractivity contribution in [1.82, 2.24) is 14.9 Å². The van der Waals surface area contributed by atoms with Gasteiger partial charge in [0.15, 0.2) is 0 Å². The van der Waals surface area contributed by atoms with Gasteiger partial charge in [-0.3, -0.25) is 4.79 Å². The number of carbonyl (C=O) groups is 1. The third-order valence-electron chi connectivity index (χ3n) is 5.86. The minimum absolute atomic E-state index is 0.173. The van der Waals surface area contributed by atoms with Gasteiger partial charge in [0.1, 0.15) is 23.4 Å². The first kappa shape index (κ1) is 20.5. The van der Waals surface area contributed by atoms with Crippen LogP contribution in [0.4, 0.5) is 0 Å². The van der Waals surface area contributed by atoms with Crippen molar-refractivity contribution in [3.05, 3.63) is 101 Å². The SMILES string of the molecule is Cc1ncc2n1Cc1ccc(C#N)c(c1)Oc1ccc(-c3ccccc3)c(c1)C(=O)NCC2. The van der Waals surface area contributed by atoms with Crippen LogP contribution in [0.3, 0.4) is 0 Å². The predicted octanol–water partition coefficient (Wildman–Crippen LogP) is 4.86. The summed E-state index contributed by atoms with van der Waals surface area (Å²) in [5.41, 5.74) is 4.77. The Morgan fingerprint density at radius 3 is 2.73 bits per heavy atom. The molecule has 1 aromatic heterocycles. The first-order valence-corrected chi connectivity index (χ1v) is 10.8. The Morgan fingerprint density at radius 1 is 1.06 bits per heavy atom. The summed E-state index contributed by atoms with van der Waals surface area (Å²) in [7, 11) is 0. The average Bonchev–Trinajstić information content (AvgIpc) is 3.18. The lowest BCUT2D eigenvalue weighted by Gasteiger charge is -2.16. The number of hydrogen-bond donors (Lipinski definition) is 1. The maximum atomic E-state index is 13.2. The molecule has 0 fully saturated rings. The Balaban J connectivity index is 1.64.